The molecule has 2 aliphatic rings. The first-order chi connectivity index (χ1) is 13.6. The van der Waals surface area contributed by atoms with Crippen LogP contribution in [-0.2, 0) is 14.3 Å². The average Bonchev–Trinajstić information content (AvgIpc) is 3.09. The SMILES string of the molecule is CCOC(=O)COc1cc(N2C(=O)C=C(C(F)(F)F)N3CCN=C32)c(F)cc1Cl. The van der Waals surface area contributed by atoms with Gasteiger partial charge in [-0.15, -0.1) is 0 Å². The first kappa shape index (κ1) is 20.9. The van der Waals surface area contributed by atoms with Gasteiger partial charge >= 0.3 is 12.1 Å². The number of alkyl halides is 3. The quantitative estimate of drug-likeness (QED) is 0.525. The number of aliphatic imine (C=N–C) groups is 1. The molecule has 1 amide bonds. The zero-order valence-corrected chi connectivity index (χ0v) is 15.7. The lowest BCUT2D eigenvalue weighted by Gasteiger charge is -2.35. The van der Waals surface area contributed by atoms with E-state index in [1.54, 1.807) is 6.92 Å². The summed E-state index contributed by atoms with van der Waals surface area (Å²) in [5.74, 6) is -3.33. The summed E-state index contributed by atoms with van der Waals surface area (Å²) in [6.07, 6.45) is -4.41. The summed E-state index contributed by atoms with van der Waals surface area (Å²) in [4.78, 5) is 29.3. The van der Waals surface area contributed by atoms with Gasteiger partial charge in [0.15, 0.2) is 6.61 Å². The maximum atomic E-state index is 14.6. The Kier molecular flexibility index (Phi) is 5.69. The van der Waals surface area contributed by atoms with Crippen LogP contribution in [0, 0.1) is 5.82 Å². The molecule has 0 aromatic heterocycles. The van der Waals surface area contributed by atoms with E-state index in [2.05, 4.69) is 4.99 Å². The molecular weight excluding hydrogens is 422 g/mol. The number of fused-ring (bicyclic) bond motifs is 1. The van der Waals surface area contributed by atoms with E-state index in [-0.39, 0.29) is 36.4 Å². The van der Waals surface area contributed by atoms with Gasteiger partial charge in [-0.3, -0.25) is 9.79 Å². The second-order valence-corrected chi connectivity index (χ2v) is 6.27. The lowest BCUT2D eigenvalue weighted by molar-refractivity contribution is -0.145. The Balaban J connectivity index is 1.98. The molecule has 29 heavy (non-hydrogen) atoms. The molecule has 0 saturated carbocycles. The number of allylic oxidation sites excluding steroid dienone is 1. The van der Waals surface area contributed by atoms with E-state index in [9.17, 15) is 27.2 Å². The highest BCUT2D eigenvalue weighted by molar-refractivity contribution is 6.32. The normalized spacial score (nSPS) is 16.4. The van der Waals surface area contributed by atoms with Crippen molar-refractivity contribution in [1.29, 1.82) is 0 Å². The second kappa shape index (κ2) is 7.90. The van der Waals surface area contributed by atoms with Crippen LogP contribution in [0.1, 0.15) is 6.92 Å². The smallest absolute Gasteiger partial charge is 0.431 e. The third kappa shape index (κ3) is 4.14. The summed E-state index contributed by atoms with van der Waals surface area (Å²) >= 11 is 5.91. The summed E-state index contributed by atoms with van der Waals surface area (Å²) < 4.78 is 64.1. The lowest BCUT2D eigenvalue weighted by Crippen LogP contribution is -2.51. The number of nitrogens with zero attached hydrogens (tertiary/aromatic N) is 3. The summed E-state index contributed by atoms with van der Waals surface area (Å²) in [5, 5.41) is -0.197. The standard InChI is InChI=1S/C17H14ClF4N3O4/c1-2-28-15(27)8-29-12-6-11(10(19)5-9(12)18)25-14(26)7-13(17(20,21)22)24-4-3-23-16(24)25/h5-7H,2-4,8H2,1H3. The molecule has 0 bridgehead atoms. The molecule has 12 heteroatoms. The first-order valence-corrected chi connectivity index (χ1v) is 8.73. The molecule has 7 nitrogen and oxygen atoms in total. The second-order valence-electron chi connectivity index (χ2n) is 5.86. The van der Waals surface area contributed by atoms with E-state index < -0.39 is 41.9 Å². The molecule has 0 fully saturated rings. The number of carbonyl (C=O) groups is 2. The van der Waals surface area contributed by atoms with Gasteiger partial charge < -0.3 is 14.4 Å². The van der Waals surface area contributed by atoms with Crippen LogP contribution in [-0.4, -0.2) is 55.2 Å². The molecule has 0 radical (unpaired) electrons. The van der Waals surface area contributed by atoms with Gasteiger partial charge in [-0.1, -0.05) is 11.6 Å². The fourth-order valence-electron chi connectivity index (χ4n) is 2.81. The summed E-state index contributed by atoms with van der Waals surface area (Å²) in [6.45, 7) is 1.06. The molecule has 0 atom stereocenters. The first-order valence-electron chi connectivity index (χ1n) is 8.36. The highest BCUT2D eigenvalue weighted by atomic mass is 35.5. The summed E-state index contributed by atoms with van der Waals surface area (Å²) in [7, 11) is 0. The monoisotopic (exact) mass is 435 g/mol. The number of hydrogen-bond acceptors (Lipinski definition) is 6. The number of benzene rings is 1. The van der Waals surface area contributed by atoms with Crippen molar-refractivity contribution < 1.29 is 36.6 Å². The fraction of sp³-hybridized carbons (Fsp3) is 0.353. The molecule has 2 heterocycles. The van der Waals surface area contributed by atoms with Gasteiger partial charge in [-0.2, -0.15) is 13.2 Å². The minimum Gasteiger partial charge on any atom is -0.480 e. The van der Waals surface area contributed by atoms with Gasteiger partial charge in [0.2, 0.25) is 5.96 Å². The molecule has 1 aromatic carbocycles. The third-order valence-corrected chi connectivity index (χ3v) is 4.27. The van der Waals surface area contributed by atoms with Gasteiger partial charge in [-0.05, 0) is 13.0 Å². The van der Waals surface area contributed by atoms with Crippen molar-refractivity contribution >= 4 is 35.1 Å². The van der Waals surface area contributed by atoms with Gasteiger partial charge in [-0.25, -0.2) is 14.1 Å². The summed E-state index contributed by atoms with van der Waals surface area (Å²) in [5.41, 5.74) is -1.59. The molecule has 0 aliphatic carbocycles. The molecule has 0 saturated heterocycles. The van der Waals surface area contributed by atoms with E-state index in [0.29, 0.717) is 11.0 Å². The van der Waals surface area contributed by atoms with E-state index in [1.165, 1.54) is 0 Å². The number of rotatable bonds is 5. The zero-order chi connectivity index (χ0) is 21.3. The highest BCUT2D eigenvalue weighted by Gasteiger charge is 2.47. The van der Waals surface area contributed by atoms with E-state index >= 15 is 0 Å². The van der Waals surface area contributed by atoms with Crippen molar-refractivity contribution in [2.45, 2.75) is 13.1 Å². The Labute approximate surface area is 167 Å². The maximum Gasteiger partial charge on any atom is 0.431 e. The number of anilines is 1. The van der Waals surface area contributed by atoms with Crippen LogP contribution < -0.4 is 9.64 Å². The molecule has 3 rings (SSSR count). The number of amides is 1. The summed E-state index contributed by atoms with van der Waals surface area (Å²) in [6, 6.07) is 1.84. The molecule has 1 aromatic rings. The van der Waals surface area contributed by atoms with Gasteiger partial charge in [0.1, 0.15) is 17.3 Å². The van der Waals surface area contributed by atoms with Crippen molar-refractivity contribution in [1.82, 2.24) is 4.90 Å². The number of esters is 1. The van der Waals surface area contributed by atoms with Crippen LogP contribution in [0.4, 0.5) is 23.2 Å². The Hall–Kier alpha value is -2.82. The van der Waals surface area contributed by atoms with Gasteiger partial charge in [0.05, 0.1) is 23.9 Å². The number of hydrogen-bond donors (Lipinski definition) is 0. The van der Waals surface area contributed by atoms with Crippen LogP contribution in [0.3, 0.4) is 0 Å². The molecule has 156 valence electrons. The Morgan fingerprint density at radius 1 is 1.34 bits per heavy atom. The van der Waals surface area contributed by atoms with Gasteiger partial charge in [0, 0.05) is 18.7 Å². The predicted molar refractivity (Wildman–Crippen MR) is 94.2 cm³/mol. The van der Waals surface area contributed by atoms with Crippen LogP contribution in [0.5, 0.6) is 5.75 Å². The molecule has 0 unspecified atom stereocenters. The Bertz CT molecular complexity index is 917. The number of ether oxygens (including phenoxy) is 2. The largest absolute Gasteiger partial charge is 0.480 e. The maximum absolute atomic E-state index is 14.6. The molecular formula is C17H14ClF4N3O4. The lowest BCUT2D eigenvalue weighted by atomic mass is 10.2. The number of halogens is 5. The Morgan fingerprint density at radius 2 is 2.07 bits per heavy atom. The van der Waals surface area contributed by atoms with Crippen LogP contribution in [0.15, 0.2) is 28.9 Å². The number of guanidine groups is 1. The van der Waals surface area contributed by atoms with Crippen LogP contribution in [0.25, 0.3) is 0 Å². The highest BCUT2D eigenvalue weighted by Crippen LogP contribution is 2.38. The fourth-order valence-corrected chi connectivity index (χ4v) is 3.02. The van der Waals surface area contributed by atoms with E-state index in [0.717, 1.165) is 17.0 Å². The zero-order valence-electron chi connectivity index (χ0n) is 14.9. The minimum atomic E-state index is -4.78. The average molecular weight is 436 g/mol. The molecule has 0 N–H and O–H groups in total. The van der Waals surface area contributed by atoms with Gasteiger partial charge in [0.25, 0.3) is 5.91 Å². The van der Waals surface area contributed by atoms with E-state index in [4.69, 9.17) is 21.1 Å². The number of carbonyl (C=O) groups excluding carboxylic acids is 2. The topological polar surface area (TPSA) is 71.4 Å². The van der Waals surface area contributed by atoms with Crippen LogP contribution in [0.2, 0.25) is 5.02 Å². The van der Waals surface area contributed by atoms with Crippen LogP contribution >= 0.6 is 11.6 Å². The Morgan fingerprint density at radius 3 is 2.72 bits per heavy atom. The van der Waals surface area contributed by atoms with Crippen molar-refractivity contribution in [2.75, 3.05) is 31.2 Å². The third-order valence-electron chi connectivity index (χ3n) is 3.97. The van der Waals surface area contributed by atoms with Crippen molar-refractivity contribution in [2.24, 2.45) is 4.99 Å². The van der Waals surface area contributed by atoms with E-state index in [1.807, 2.05) is 0 Å². The molecule has 0 spiro atoms. The predicted octanol–water partition coefficient (Wildman–Crippen LogP) is 2.89. The van der Waals surface area contributed by atoms with Crippen molar-refractivity contribution in [3.63, 3.8) is 0 Å². The van der Waals surface area contributed by atoms with Crippen molar-refractivity contribution in [3.8, 4) is 5.75 Å². The molecule has 2 aliphatic heterocycles. The van der Waals surface area contributed by atoms with Crippen molar-refractivity contribution in [3.05, 3.63) is 34.7 Å². The minimum absolute atomic E-state index is 0.00599.